The molecule has 3 N–H and O–H groups in total. The van der Waals surface area contributed by atoms with Crippen LogP contribution in [0, 0.1) is 5.92 Å². The van der Waals surface area contributed by atoms with Gasteiger partial charge in [-0.2, -0.15) is 0 Å². The fourth-order valence-electron chi connectivity index (χ4n) is 2.58. The number of amides is 2. The molecule has 7 heteroatoms. The molecule has 1 aromatic carbocycles. The maximum Gasteiger partial charge on any atom is 0.319 e. The first-order valence-electron chi connectivity index (χ1n) is 8.76. The molecule has 7 nitrogen and oxygen atoms in total. The van der Waals surface area contributed by atoms with Crippen molar-refractivity contribution in [2.45, 2.75) is 6.61 Å². The molecule has 26 heavy (non-hydrogen) atoms. The lowest BCUT2D eigenvalue weighted by molar-refractivity contribution is 0.123. The molecule has 1 atom stereocenters. The van der Waals surface area contributed by atoms with Crippen molar-refractivity contribution in [3.8, 4) is 5.75 Å². The highest BCUT2D eigenvalue weighted by Gasteiger charge is 2.13. The van der Waals surface area contributed by atoms with Crippen molar-refractivity contribution in [3.63, 3.8) is 0 Å². The zero-order valence-electron chi connectivity index (χ0n) is 14.6. The number of pyridine rings is 1. The van der Waals surface area contributed by atoms with Gasteiger partial charge in [-0.25, -0.2) is 4.79 Å². The molecule has 2 heterocycles. The summed E-state index contributed by atoms with van der Waals surface area (Å²) in [7, 11) is 0. The number of carbonyl (C=O) groups excluding carboxylic acids is 1. The summed E-state index contributed by atoms with van der Waals surface area (Å²) in [6.45, 7) is 4.07. The Morgan fingerprint density at radius 3 is 2.96 bits per heavy atom. The summed E-state index contributed by atoms with van der Waals surface area (Å²) in [6, 6.07) is 12.7. The van der Waals surface area contributed by atoms with E-state index < -0.39 is 0 Å². The van der Waals surface area contributed by atoms with Gasteiger partial charge < -0.3 is 25.4 Å². The number of carbonyl (C=O) groups is 1. The molecule has 0 saturated carbocycles. The molecule has 1 aliphatic heterocycles. The third-order valence-corrected chi connectivity index (χ3v) is 3.99. The zero-order chi connectivity index (χ0) is 18.0. The molecular weight excluding hydrogens is 332 g/mol. The van der Waals surface area contributed by atoms with Gasteiger partial charge in [0.1, 0.15) is 12.4 Å². The van der Waals surface area contributed by atoms with Crippen LogP contribution in [0.4, 0.5) is 10.5 Å². The fourth-order valence-corrected chi connectivity index (χ4v) is 2.58. The maximum atomic E-state index is 12.0. The van der Waals surface area contributed by atoms with E-state index in [2.05, 4.69) is 20.9 Å². The first kappa shape index (κ1) is 18.2. The summed E-state index contributed by atoms with van der Waals surface area (Å²) in [6.07, 6.45) is 1.74. The van der Waals surface area contributed by atoms with Gasteiger partial charge in [0.05, 0.1) is 18.9 Å². The molecule has 1 aliphatic rings. The van der Waals surface area contributed by atoms with Gasteiger partial charge in [0.2, 0.25) is 0 Å². The van der Waals surface area contributed by atoms with Crippen LogP contribution in [0.3, 0.4) is 0 Å². The van der Waals surface area contributed by atoms with E-state index in [4.69, 9.17) is 9.47 Å². The smallest absolute Gasteiger partial charge is 0.319 e. The van der Waals surface area contributed by atoms with E-state index in [1.165, 1.54) is 0 Å². The molecule has 1 fully saturated rings. The van der Waals surface area contributed by atoms with Crippen LogP contribution in [0.1, 0.15) is 5.69 Å². The zero-order valence-corrected chi connectivity index (χ0v) is 14.6. The molecule has 0 aliphatic carbocycles. The van der Waals surface area contributed by atoms with Crippen molar-refractivity contribution in [1.82, 2.24) is 15.6 Å². The third-order valence-electron chi connectivity index (χ3n) is 3.99. The molecule has 1 aromatic heterocycles. The molecule has 0 unspecified atom stereocenters. The minimum atomic E-state index is -0.226. The van der Waals surface area contributed by atoms with Gasteiger partial charge >= 0.3 is 6.03 Å². The van der Waals surface area contributed by atoms with Crippen LogP contribution in [0.2, 0.25) is 0 Å². The Kier molecular flexibility index (Phi) is 6.80. The van der Waals surface area contributed by atoms with Gasteiger partial charge in [-0.3, -0.25) is 4.98 Å². The van der Waals surface area contributed by atoms with E-state index in [-0.39, 0.29) is 11.9 Å². The second-order valence-corrected chi connectivity index (χ2v) is 6.11. The normalized spacial score (nSPS) is 17.2. The Morgan fingerprint density at radius 1 is 1.27 bits per heavy atom. The molecule has 1 saturated heterocycles. The second-order valence-electron chi connectivity index (χ2n) is 6.11. The minimum Gasteiger partial charge on any atom is -0.487 e. The Morgan fingerprint density at radius 2 is 2.15 bits per heavy atom. The Hall–Kier alpha value is -2.64. The molecule has 2 amide bonds. The Balaban J connectivity index is 1.41. The molecular formula is C19H24N4O3. The number of anilines is 1. The van der Waals surface area contributed by atoms with Crippen LogP contribution in [-0.2, 0) is 11.3 Å². The van der Waals surface area contributed by atoms with E-state index in [1.807, 2.05) is 42.5 Å². The van der Waals surface area contributed by atoms with Crippen LogP contribution in [0.25, 0.3) is 0 Å². The number of hydrogen-bond acceptors (Lipinski definition) is 5. The molecule has 2 aromatic rings. The van der Waals surface area contributed by atoms with Crippen LogP contribution in [-0.4, -0.2) is 43.9 Å². The SMILES string of the molecule is O=C(NC[C@H]1CNCCOC1)Nc1ccc(OCc2ccccn2)cc1. The van der Waals surface area contributed by atoms with E-state index in [0.29, 0.717) is 25.4 Å². The van der Waals surface area contributed by atoms with Crippen molar-refractivity contribution >= 4 is 11.7 Å². The summed E-state index contributed by atoms with van der Waals surface area (Å²) in [5.74, 6) is 1.01. The van der Waals surface area contributed by atoms with E-state index in [9.17, 15) is 4.79 Å². The van der Waals surface area contributed by atoms with Gasteiger partial charge in [0.15, 0.2) is 0 Å². The average molecular weight is 356 g/mol. The van der Waals surface area contributed by atoms with E-state index in [1.54, 1.807) is 6.20 Å². The number of hydrogen-bond donors (Lipinski definition) is 3. The summed E-state index contributed by atoms with van der Waals surface area (Å²) < 4.78 is 11.2. The highest BCUT2D eigenvalue weighted by Crippen LogP contribution is 2.16. The van der Waals surface area contributed by atoms with Gasteiger partial charge in [-0.15, -0.1) is 0 Å². The lowest BCUT2D eigenvalue weighted by Gasteiger charge is -2.15. The fraction of sp³-hybridized carbons (Fsp3) is 0.368. The molecule has 138 valence electrons. The summed E-state index contributed by atoms with van der Waals surface area (Å²) in [4.78, 5) is 16.2. The van der Waals surface area contributed by atoms with E-state index in [0.717, 1.165) is 31.1 Å². The van der Waals surface area contributed by atoms with Crippen LogP contribution >= 0.6 is 0 Å². The summed E-state index contributed by atoms with van der Waals surface area (Å²) >= 11 is 0. The van der Waals surface area contributed by atoms with Crippen LogP contribution in [0.15, 0.2) is 48.7 Å². The van der Waals surface area contributed by atoms with Crippen molar-refractivity contribution in [2.75, 3.05) is 38.2 Å². The number of aromatic nitrogens is 1. The number of rotatable bonds is 6. The van der Waals surface area contributed by atoms with Gasteiger partial charge in [0.25, 0.3) is 0 Å². The molecule has 0 spiro atoms. The molecule has 0 bridgehead atoms. The standard InChI is InChI=1S/C19H24N4O3/c24-19(22-12-15-11-20-9-10-25-13-15)23-16-4-6-18(7-5-16)26-14-17-3-1-2-8-21-17/h1-8,15,20H,9-14H2,(H2,22,23,24)/t15-/m1/s1. The summed E-state index contributed by atoms with van der Waals surface area (Å²) in [5.41, 5.74) is 1.58. The Bertz CT molecular complexity index is 671. The van der Waals surface area contributed by atoms with Crippen LogP contribution < -0.4 is 20.7 Å². The lowest BCUT2D eigenvalue weighted by atomic mass is 10.1. The highest BCUT2D eigenvalue weighted by atomic mass is 16.5. The quantitative estimate of drug-likeness (QED) is 0.737. The predicted molar refractivity (Wildman–Crippen MR) is 99.2 cm³/mol. The van der Waals surface area contributed by atoms with Crippen LogP contribution in [0.5, 0.6) is 5.75 Å². The first-order valence-corrected chi connectivity index (χ1v) is 8.76. The van der Waals surface area contributed by atoms with Crippen molar-refractivity contribution < 1.29 is 14.3 Å². The highest BCUT2D eigenvalue weighted by molar-refractivity contribution is 5.89. The van der Waals surface area contributed by atoms with Crippen molar-refractivity contribution in [1.29, 1.82) is 0 Å². The van der Waals surface area contributed by atoms with Gasteiger partial charge in [-0.05, 0) is 36.4 Å². The monoisotopic (exact) mass is 356 g/mol. The topological polar surface area (TPSA) is 84.5 Å². The molecule has 0 radical (unpaired) electrons. The number of ether oxygens (including phenoxy) is 2. The van der Waals surface area contributed by atoms with E-state index >= 15 is 0 Å². The average Bonchev–Trinajstić information content (AvgIpc) is 2.96. The number of urea groups is 1. The molecule has 3 rings (SSSR count). The van der Waals surface area contributed by atoms with Crippen molar-refractivity contribution in [3.05, 3.63) is 54.4 Å². The largest absolute Gasteiger partial charge is 0.487 e. The third kappa shape index (κ3) is 6.02. The van der Waals surface area contributed by atoms with Gasteiger partial charge in [-0.1, -0.05) is 6.07 Å². The van der Waals surface area contributed by atoms with Gasteiger partial charge in [0, 0.05) is 37.4 Å². The number of benzene rings is 1. The lowest BCUT2D eigenvalue weighted by Crippen LogP contribution is -2.37. The Labute approximate surface area is 153 Å². The minimum absolute atomic E-state index is 0.226. The number of nitrogens with one attached hydrogen (secondary N) is 3. The number of nitrogens with zero attached hydrogens (tertiary/aromatic N) is 1. The first-order chi connectivity index (χ1) is 12.8. The summed E-state index contributed by atoms with van der Waals surface area (Å²) in [5, 5.41) is 8.98. The second kappa shape index (κ2) is 9.74. The van der Waals surface area contributed by atoms with Crippen molar-refractivity contribution in [2.24, 2.45) is 5.92 Å². The predicted octanol–water partition coefficient (Wildman–Crippen LogP) is 2.02. The maximum absolute atomic E-state index is 12.0.